The Morgan fingerprint density at radius 2 is 1.72 bits per heavy atom. The molecule has 0 spiro atoms. The SMILES string of the molecule is Cc1ccc(OCC(=O)N(Cc2ccc(N(C)C)cc2)Cc2ccco2)cc1C. The third-order valence-electron chi connectivity index (χ3n) is 4.95. The molecular weight excluding hydrogens is 364 g/mol. The second-order valence-electron chi connectivity index (χ2n) is 7.42. The van der Waals surface area contributed by atoms with Gasteiger partial charge in [-0.05, 0) is 66.9 Å². The van der Waals surface area contributed by atoms with Crippen molar-refractivity contribution >= 4 is 11.6 Å². The third-order valence-corrected chi connectivity index (χ3v) is 4.95. The van der Waals surface area contributed by atoms with Crippen LogP contribution in [0, 0.1) is 13.8 Å². The van der Waals surface area contributed by atoms with Crippen LogP contribution in [0.25, 0.3) is 0 Å². The van der Waals surface area contributed by atoms with Crippen LogP contribution in [0.5, 0.6) is 5.75 Å². The van der Waals surface area contributed by atoms with Gasteiger partial charge < -0.3 is 19.0 Å². The molecule has 0 radical (unpaired) electrons. The van der Waals surface area contributed by atoms with Gasteiger partial charge in [0.2, 0.25) is 0 Å². The first-order chi connectivity index (χ1) is 13.9. The first-order valence-corrected chi connectivity index (χ1v) is 9.69. The topological polar surface area (TPSA) is 45.9 Å². The summed E-state index contributed by atoms with van der Waals surface area (Å²) in [7, 11) is 4.01. The van der Waals surface area contributed by atoms with E-state index in [1.807, 2.05) is 68.4 Å². The number of anilines is 1. The van der Waals surface area contributed by atoms with E-state index in [1.165, 1.54) is 5.56 Å². The maximum Gasteiger partial charge on any atom is 0.261 e. The van der Waals surface area contributed by atoms with Gasteiger partial charge in [0, 0.05) is 26.3 Å². The molecule has 0 saturated heterocycles. The number of rotatable bonds is 8. The van der Waals surface area contributed by atoms with Gasteiger partial charge in [-0.15, -0.1) is 0 Å². The van der Waals surface area contributed by atoms with E-state index in [2.05, 4.69) is 19.1 Å². The largest absolute Gasteiger partial charge is 0.484 e. The van der Waals surface area contributed by atoms with Gasteiger partial charge in [-0.25, -0.2) is 0 Å². The average molecular weight is 392 g/mol. The molecular formula is C24H28N2O3. The molecule has 1 aromatic heterocycles. The lowest BCUT2D eigenvalue weighted by Gasteiger charge is -2.22. The molecule has 0 aliphatic heterocycles. The summed E-state index contributed by atoms with van der Waals surface area (Å²) in [6.45, 7) is 4.96. The third kappa shape index (κ3) is 5.64. The number of hydrogen-bond donors (Lipinski definition) is 0. The molecule has 0 N–H and O–H groups in total. The number of carbonyl (C=O) groups excluding carboxylic acids is 1. The number of ether oxygens (including phenoxy) is 1. The zero-order chi connectivity index (χ0) is 20.8. The van der Waals surface area contributed by atoms with Crippen molar-refractivity contribution in [3.8, 4) is 5.75 Å². The predicted molar refractivity (Wildman–Crippen MR) is 115 cm³/mol. The highest BCUT2D eigenvalue weighted by Gasteiger charge is 2.17. The highest BCUT2D eigenvalue weighted by molar-refractivity contribution is 5.77. The van der Waals surface area contributed by atoms with Crippen LogP contribution in [0.2, 0.25) is 0 Å². The van der Waals surface area contributed by atoms with Crippen molar-refractivity contribution in [1.29, 1.82) is 0 Å². The number of carbonyl (C=O) groups is 1. The number of amides is 1. The fourth-order valence-corrected chi connectivity index (χ4v) is 2.98. The molecule has 0 fully saturated rings. The Balaban J connectivity index is 1.69. The molecule has 2 aromatic carbocycles. The molecule has 1 amide bonds. The van der Waals surface area contributed by atoms with Gasteiger partial charge >= 0.3 is 0 Å². The van der Waals surface area contributed by atoms with Gasteiger partial charge in [0.1, 0.15) is 11.5 Å². The number of aryl methyl sites for hydroxylation is 2. The van der Waals surface area contributed by atoms with Crippen molar-refractivity contribution in [3.63, 3.8) is 0 Å². The average Bonchev–Trinajstić information content (AvgIpc) is 3.21. The van der Waals surface area contributed by atoms with E-state index < -0.39 is 0 Å². The molecule has 5 heteroatoms. The summed E-state index contributed by atoms with van der Waals surface area (Å²) in [6.07, 6.45) is 1.62. The fourth-order valence-electron chi connectivity index (χ4n) is 2.98. The summed E-state index contributed by atoms with van der Waals surface area (Å²) < 4.78 is 11.2. The number of hydrogen-bond acceptors (Lipinski definition) is 4. The monoisotopic (exact) mass is 392 g/mol. The van der Waals surface area contributed by atoms with Crippen molar-refractivity contribution in [1.82, 2.24) is 4.90 Å². The van der Waals surface area contributed by atoms with Crippen LogP contribution in [0.3, 0.4) is 0 Å². The lowest BCUT2D eigenvalue weighted by Crippen LogP contribution is -2.34. The van der Waals surface area contributed by atoms with E-state index in [0.717, 1.165) is 22.6 Å². The van der Waals surface area contributed by atoms with Gasteiger partial charge in [-0.3, -0.25) is 4.79 Å². The Kier molecular flexibility index (Phi) is 6.60. The van der Waals surface area contributed by atoms with E-state index in [-0.39, 0.29) is 12.5 Å². The summed E-state index contributed by atoms with van der Waals surface area (Å²) >= 11 is 0. The fraction of sp³-hybridized carbons (Fsp3) is 0.292. The Labute approximate surface area is 172 Å². The molecule has 1 heterocycles. The quantitative estimate of drug-likeness (QED) is 0.563. The first kappa shape index (κ1) is 20.5. The van der Waals surface area contributed by atoms with Crippen molar-refractivity contribution in [2.45, 2.75) is 26.9 Å². The zero-order valence-corrected chi connectivity index (χ0v) is 17.5. The van der Waals surface area contributed by atoms with Crippen LogP contribution in [-0.4, -0.2) is 31.5 Å². The van der Waals surface area contributed by atoms with Crippen molar-refractivity contribution in [3.05, 3.63) is 83.3 Å². The van der Waals surface area contributed by atoms with Gasteiger partial charge in [-0.2, -0.15) is 0 Å². The normalized spacial score (nSPS) is 10.6. The van der Waals surface area contributed by atoms with E-state index in [9.17, 15) is 4.79 Å². The Hall–Kier alpha value is -3.21. The maximum atomic E-state index is 12.9. The second-order valence-corrected chi connectivity index (χ2v) is 7.42. The maximum absolute atomic E-state index is 12.9. The molecule has 5 nitrogen and oxygen atoms in total. The van der Waals surface area contributed by atoms with E-state index in [1.54, 1.807) is 11.2 Å². The summed E-state index contributed by atoms with van der Waals surface area (Å²) in [5.74, 6) is 1.36. The van der Waals surface area contributed by atoms with E-state index >= 15 is 0 Å². The van der Waals surface area contributed by atoms with Gasteiger partial charge in [0.05, 0.1) is 12.8 Å². The smallest absolute Gasteiger partial charge is 0.261 e. The second kappa shape index (κ2) is 9.32. The standard InChI is InChI=1S/C24H28N2O3/c1-18-7-12-22(14-19(18)2)29-17-24(27)26(16-23-6-5-13-28-23)15-20-8-10-21(11-9-20)25(3)4/h5-14H,15-17H2,1-4H3. The molecule has 0 atom stereocenters. The minimum Gasteiger partial charge on any atom is -0.484 e. The Morgan fingerprint density at radius 1 is 0.966 bits per heavy atom. The molecule has 0 unspecified atom stereocenters. The van der Waals surface area contributed by atoms with Crippen LogP contribution < -0.4 is 9.64 Å². The Bertz CT molecular complexity index is 931. The van der Waals surface area contributed by atoms with Crippen LogP contribution in [0.4, 0.5) is 5.69 Å². The number of nitrogens with zero attached hydrogens (tertiary/aromatic N) is 2. The molecule has 0 aliphatic carbocycles. The van der Waals surface area contributed by atoms with E-state index in [0.29, 0.717) is 18.8 Å². The molecule has 0 bridgehead atoms. The lowest BCUT2D eigenvalue weighted by atomic mass is 10.1. The molecule has 0 aliphatic rings. The molecule has 3 aromatic rings. The summed E-state index contributed by atoms with van der Waals surface area (Å²) in [5, 5.41) is 0. The van der Waals surface area contributed by atoms with Crippen LogP contribution in [0.15, 0.2) is 65.3 Å². The number of furan rings is 1. The minimum atomic E-state index is -0.0867. The van der Waals surface area contributed by atoms with Crippen LogP contribution in [-0.2, 0) is 17.9 Å². The van der Waals surface area contributed by atoms with Crippen molar-refractivity contribution < 1.29 is 13.9 Å². The predicted octanol–water partition coefficient (Wildman–Crippen LogP) is 4.57. The van der Waals surface area contributed by atoms with Gasteiger partial charge in [-0.1, -0.05) is 18.2 Å². The minimum absolute atomic E-state index is 0.0149. The molecule has 29 heavy (non-hydrogen) atoms. The zero-order valence-electron chi connectivity index (χ0n) is 17.5. The van der Waals surface area contributed by atoms with Crippen molar-refractivity contribution in [2.24, 2.45) is 0 Å². The Morgan fingerprint density at radius 3 is 2.34 bits per heavy atom. The summed E-state index contributed by atoms with van der Waals surface area (Å²) in [6, 6.07) is 17.7. The first-order valence-electron chi connectivity index (χ1n) is 9.69. The lowest BCUT2D eigenvalue weighted by molar-refractivity contribution is -0.134. The van der Waals surface area contributed by atoms with Gasteiger partial charge in [0.25, 0.3) is 5.91 Å². The summed E-state index contributed by atoms with van der Waals surface area (Å²) in [4.78, 5) is 16.7. The van der Waals surface area contributed by atoms with Crippen LogP contribution >= 0.6 is 0 Å². The van der Waals surface area contributed by atoms with Crippen molar-refractivity contribution in [2.75, 3.05) is 25.6 Å². The highest BCUT2D eigenvalue weighted by atomic mass is 16.5. The molecule has 0 saturated carbocycles. The van der Waals surface area contributed by atoms with Crippen LogP contribution in [0.1, 0.15) is 22.5 Å². The number of benzene rings is 2. The van der Waals surface area contributed by atoms with Gasteiger partial charge in [0.15, 0.2) is 6.61 Å². The molecule has 152 valence electrons. The highest BCUT2D eigenvalue weighted by Crippen LogP contribution is 2.18. The van der Waals surface area contributed by atoms with E-state index in [4.69, 9.17) is 9.15 Å². The molecule has 3 rings (SSSR count). The summed E-state index contributed by atoms with van der Waals surface area (Å²) in [5.41, 5.74) is 4.52.